The summed E-state index contributed by atoms with van der Waals surface area (Å²) in [6.07, 6.45) is -1.95. The average molecular weight is 403 g/mol. The molecule has 0 spiro atoms. The van der Waals surface area contributed by atoms with E-state index in [4.69, 9.17) is 11.6 Å². The quantitative estimate of drug-likeness (QED) is 0.737. The Morgan fingerprint density at radius 3 is 1.77 bits per heavy atom. The van der Waals surface area contributed by atoms with Crippen LogP contribution in [0.2, 0.25) is 0 Å². The SMILES string of the molecule is CC(C)(C)c1cc(S(=O)(=O)C2=C(Cl)C(=O)OC2O)cc(C(C)(C)C)c1O. The fraction of sp³-hybridized carbons (Fsp3) is 0.500. The van der Waals surface area contributed by atoms with Crippen LogP contribution in [0.1, 0.15) is 52.7 Å². The highest BCUT2D eigenvalue weighted by atomic mass is 35.5. The molecule has 2 rings (SSSR count). The molecular weight excluding hydrogens is 380 g/mol. The summed E-state index contributed by atoms with van der Waals surface area (Å²) in [6, 6.07) is 2.68. The number of ether oxygens (including phenoxy) is 1. The first kappa shape index (κ1) is 20.7. The van der Waals surface area contributed by atoms with E-state index in [1.165, 1.54) is 12.1 Å². The minimum atomic E-state index is -4.31. The van der Waals surface area contributed by atoms with Crippen molar-refractivity contribution in [3.8, 4) is 5.75 Å². The van der Waals surface area contributed by atoms with Gasteiger partial charge < -0.3 is 14.9 Å². The topological polar surface area (TPSA) is 101 Å². The van der Waals surface area contributed by atoms with Gasteiger partial charge in [-0.25, -0.2) is 13.2 Å². The van der Waals surface area contributed by atoms with E-state index in [1.54, 1.807) is 0 Å². The molecule has 1 aromatic rings. The van der Waals surface area contributed by atoms with Crippen LogP contribution in [0.4, 0.5) is 0 Å². The molecule has 1 atom stereocenters. The largest absolute Gasteiger partial charge is 0.507 e. The van der Waals surface area contributed by atoms with Crippen LogP contribution in [0.15, 0.2) is 27.0 Å². The first-order chi connectivity index (χ1) is 11.6. The molecule has 144 valence electrons. The van der Waals surface area contributed by atoms with Gasteiger partial charge in [0.1, 0.15) is 15.7 Å². The fourth-order valence-electron chi connectivity index (χ4n) is 2.70. The third-order valence-electron chi connectivity index (χ3n) is 4.14. The molecule has 26 heavy (non-hydrogen) atoms. The molecule has 0 aromatic heterocycles. The molecule has 0 bridgehead atoms. The number of aromatic hydroxyl groups is 1. The van der Waals surface area contributed by atoms with Gasteiger partial charge in [0, 0.05) is 11.1 Å². The third kappa shape index (κ3) is 3.48. The van der Waals surface area contributed by atoms with Crippen molar-refractivity contribution in [2.75, 3.05) is 0 Å². The van der Waals surface area contributed by atoms with Gasteiger partial charge in [-0.2, -0.15) is 0 Å². The summed E-state index contributed by atoms with van der Waals surface area (Å²) >= 11 is 5.77. The second-order valence-corrected chi connectivity index (χ2v) is 10.6. The van der Waals surface area contributed by atoms with E-state index in [2.05, 4.69) is 4.74 Å². The summed E-state index contributed by atoms with van der Waals surface area (Å²) in [5, 5.41) is 19.9. The predicted octanol–water partition coefficient (Wildman–Crippen LogP) is 3.09. The summed E-state index contributed by atoms with van der Waals surface area (Å²) in [6.45, 7) is 11.0. The molecule has 0 fully saturated rings. The number of benzene rings is 1. The number of sulfone groups is 1. The van der Waals surface area contributed by atoms with Crippen LogP contribution >= 0.6 is 11.6 Å². The highest BCUT2D eigenvalue weighted by Gasteiger charge is 2.42. The summed E-state index contributed by atoms with van der Waals surface area (Å²) < 4.78 is 30.6. The third-order valence-corrected chi connectivity index (χ3v) is 6.45. The molecule has 0 aliphatic carbocycles. The molecule has 2 N–H and O–H groups in total. The molecule has 0 saturated carbocycles. The van der Waals surface area contributed by atoms with Crippen LogP contribution in [-0.2, 0) is 30.2 Å². The van der Waals surface area contributed by atoms with Gasteiger partial charge in [-0.3, -0.25) is 0 Å². The number of carbonyl (C=O) groups is 1. The van der Waals surface area contributed by atoms with Crippen molar-refractivity contribution in [1.29, 1.82) is 0 Å². The number of phenolic OH excluding ortho intramolecular Hbond substituents is 1. The Bertz CT molecular complexity index is 866. The Kier molecular flexibility index (Phi) is 4.98. The van der Waals surface area contributed by atoms with Crippen molar-refractivity contribution in [2.45, 2.75) is 63.6 Å². The summed E-state index contributed by atoms with van der Waals surface area (Å²) in [4.78, 5) is 10.6. The van der Waals surface area contributed by atoms with E-state index in [1.807, 2.05) is 41.5 Å². The molecular formula is C18H23ClO6S. The number of hydrogen-bond acceptors (Lipinski definition) is 6. The van der Waals surface area contributed by atoms with E-state index in [0.717, 1.165) is 0 Å². The lowest BCUT2D eigenvalue weighted by Crippen LogP contribution is -2.21. The molecule has 1 unspecified atom stereocenters. The Morgan fingerprint density at radius 1 is 1.04 bits per heavy atom. The fourth-order valence-corrected chi connectivity index (χ4v) is 4.58. The van der Waals surface area contributed by atoms with Crippen LogP contribution in [0, 0.1) is 0 Å². The van der Waals surface area contributed by atoms with Gasteiger partial charge in [0.2, 0.25) is 16.1 Å². The van der Waals surface area contributed by atoms with Crippen molar-refractivity contribution in [2.24, 2.45) is 0 Å². The second kappa shape index (κ2) is 6.25. The average Bonchev–Trinajstić information content (AvgIpc) is 2.69. The van der Waals surface area contributed by atoms with E-state index in [-0.39, 0.29) is 10.6 Å². The molecule has 8 heteroatoms. The molecule has 1 aliphatic rings. The number of aliphatic hydroxyl groups excluding tert-OH is 1. The molecule has 0 amide bonds. The van der Waals surface area contributed by atoms with Crippen molar-refractivity contribution >= 4 is 27.4 Å². The number of aliphatic hydroxyl groups is 1. The summed E-state index contributed by atoms with van der Waals surface area (Å²) in [5.41, 5.74) is -0.233. The van der Waals surface area contributed by atoms with Crippen molar-refractivity contribution < 1.29 is 28.2 Å². The van der Waals surface area contributed by atoms with Crippen LogP contribution in [0.3, 0.4) is 0 Å². The van der Waals surface area contributed by atoms with Crippen LogP contribution in [-0.4, -0.2) is 30.9 Å². The van der Waals surface area contributed by atoms with Crippen LogP contribution in [0.25, 0.3) is 0 Å². The van der Waals surface area contributed by atoms with Gasteiger partial charge in [-0.1, -0.05) is 53.1 Å². The number of esters is 1. The molecule has 1 aromatic carbocycles. The Balaban J connectivity index is 2.84. The molecule has 0 saturated heterocycles. The Labute approximate surface area is 158 Å². The maximum Gasteiger partial charge on any atom is 0.353 e. The number of cyclic esters (lactones) is 1. The second-order valence-electron chi connectivity index (χ2n) is 8.31. The van der Waals surface area contributed by atoms with E-state index in [0.29, 0.717) is 11.1 Å². The normalized spacial score (nSPS) is 19.1. The van der Waals surface area contributed by atoms with Gasteiger partial charge in [-0.15, -0.1) is 0 Å². The molecule has 1 heterocycles. The first-order valence-electron chi connectivity index (χ1n) is 8.00. The van der Waals surface area contributed by atoms with Gasteiger partial charge in [0.25, 0.3) is 0 Å². The number of phenols is 1. The van der Waals surface area contributed by atoms with Gasteiger partial charge >= 0.3 is 5.97 Å². The lowest BCUT2D eigenvalue weighted by molar-refractivity contribution is -0.150. The monoisotopic (exact) mass is 402 g/mol. The minimum Gasteiger partial charge on any atom is -0.507 e. The van der Waals surface area contributed by atoms with Crippen LogP contribution in [0.5, 0.6) is 5.75 Å². The molecule has 0 radical (unpaired) electrons. The van der Waals surface area contributed by atoms with Gasteiger partial charge in [-0.05, 0) is 23.0 Å². The molecule has 6 nitrogen and oxygen atoms in total. The van der Waals surface area contributed by atoms with Gasteiger partial charge in [0.15, 0.2) is 0 Å². The number of hydrogen-bond donors (Lipinski definition) is 2. The van der Waals surface area contributed by atoms with Crippen molar-refractivity contribution in [1.82, 2.24) is 0 Å². The minimum absolute atomic E-state index is 0.0170. The maximum atomic E-state index is 13.1. The zero-order chi connectivity index (χ0) is 20.2. The Morgan fingerprint density at radius 2 is 1.46 bits per heavy atom. The van der Waals surface area contributed by atoms with E-state index < -0.39 is 42.9 Å². The zero-order valence-electron chi connectivity index (χ0n) is 15.5. The van der Waals surface area contributed by atoms with Crippen molar-refractivity contribution in [3.05, 3.63) is 33.2 Å². The predicted molar refractivity (Wildman–Crippen MR) is 97.7 cm³/mol. The van der Waals surface area contributed by atoms with Crippen molar-refractivity contribution in [3.63, 3.8) is 0 Å². The maximum absolute atomic E-state index is 13.1. The van der Waals surface area contributed by atoms with Gasteiger partial charge in [0.05, 0.1) is 4.90 Å². The first-order valence-corrected chi connectivity index (χ1v) is 9.86. The lowest BCUT2D eigenvalue weighted by atomic mass is 9.79. The zero-order valence-corrected chi connectivity index (χ0v) is 17.1. The number of carbonyl (C=O) groups excluding carboxylic acids is 1. The summed E-state index contributed by atoms with van der Waals surface area (Å²) in [7, 11) is -4.31. The standard InChI is InChI=1S/C18H23ClO6S/c1-17(2,3)10-7-9(8-11(13(10)20)18(4,5)6)26(23,24)14-12(19)15(21)25-16(14)22/h7-8,16,20,22H,1-6H3. The highest BCUT2D eigenvalue weighted by Crippen LogP contribution is 2.42. The smallest absolute Gasteiger partial charge is 0.353 e. The Hall–Kier alpha value is -1.57. The lowest BCUT2D eigenvalue weighted by Gasteiger charge is -2.28. The number of halogens is 1. The summed E-state index contributed by atoms with van der Waals surface area (Å²) in [5.74, 6) is -1.08. The van der Waals surface area contributed by atoms with Crippen LogP contribution < -0.4 is 0 Å². The van der Waals surface area contributed by atoms with E-state index in [9.17, 15) is 23.4 Å². The number of rotatable bonds is 2. The molecule has 1 aliphatic heterocycles. The highest BCUT2D eigenvalue weighted by molar-refractivity contribution is 7.95. The van der Waals surface area contributed by atoms with E-state index >= 15 is 0 Å².